The van der Waals surface area contributed by atoms with E-state index in [1.807, 2.05) is 0 Å². The van der Waals surface area contributed by atoms with E-state index in [4.69, 9.17) is 9.57 Å². The van der Waals surface area contributed by atoms with Crippen molar-refractivity contribution >= 4 is 29.3 Å². The van der Waals surface area contributed by atoms with E-state index in [0.717, 1.165) is 36.7 Å². The van der Waals surface area contributed by atoms with Gasteiger partial charge in [0.2, 0.25) is 11.8 Å². The first-order chi connectivity index (χ1) is 12.3. The summed E-state index contributed by atoms with van der Waals surface area (Å²) in [5.74, 6) is -1.02. The Kier molecular flexibility index (Phi) is 5.73. The maximum atomic E-state index is 12.7. The van der Waals surface area contributed by atoms with Crippen molar-refractivity contribution in [2.24, 2.45) is 0 Å². The van der Waals surface area contributed by atoms with Crippen molar-refractivity contribution in [1.82, 2.24) is 5.48 Å². The lowest BCUT2D eigenvalue weighted by atomic mass is 10.1. The fourth-order valence-corrected chi connectivity index (χ4v) is 3.70. The number of fused-ring (bicyclic) bond motifs is 1. The van der Waals surface area contributed by atoms with E-state index >= 15 is 0 Å². The molecule has 0 aromatic heterocycles. The fourth-order valence-electron chi connectivity index (χ4n) is 2.61. The molecule has 2 amide bonds. The lowest BCUT2D eigenvalue weighted by Crippen LogP contribution is -2.37. The molecule has 1 aromatic rings. The van der Waals surface area contributed by atoms with Gasteiger partial charge in [-0.1, -0.05) is 0 Å². The van der Waals surface area contributed by atoms with Crippen LogP contribution >= 0.6 is 11.8 Å². The highest BCUT2D eigenvalue weighted by Gasteiger charge is 2.34. The quantitative estimate of drug-likeness (QED) is 0.773. The van der Waals surface area contributed by atoms with Gasteiger partial charge in [-0.2, -0.15) is 13.2 Å². The Balaban J connectivity index is 1.57. The van der Waals surface area contributed by atoms with Gasteiger partial charge in [0.25, 0.3) is 0 Å². The zero-order valence-electron chi connectivity index (χ0n) is 13.6. The molecule has 6 nitrogen and oxygen atoms in total. The van der Waals surface area contributed by atoms with Crippen LogP contribution < -0.4 is 10.8 Å². The van der Waals surface area contributed by atoms with Gasteiger partial charge in [-0.3, -0.25) is 9.59 Å². The molecule has 0 spiro atoms. The van der Waals surface area contributed by atoms with Gasteiger partial charge in [0.15, 0.2) is 6.29 Å². The smallest absolute Gasteiger partial charge is 0.350 e. The highest BCUT2D eigenvalue weighted by atomic mass is 32.2. The van der Waals surface area contributed by atoms with Gasteiger partial charge in [-0.05, 0) is 31.0 Å². The Hall–Kier alpha value is -1.78. The van der Waals surface area contributed by atoms with Gasteiger partial charge in [0.05, 0.1) is 16.5 Å². The van der Waals surface area contributed by atoms with E-state index in [-0.39, 0.29) is 12.1 Å². The summed E-state index contributed by atoms with van der Waals surface area (Å²) in [6.45, 7) is 0.568. The first-order valence-electron chi connectivity index (χ1n) is 8.08. The molecular formula is C16H17F3N2O4S. The monoisotopic (exact) mass is 390 g/mol. The van der Waals surface area contributed by atoms with E-state index in [0.29, 0.717) is 17.9 Å². The van der Waals surface area contributed by atoms with Crippen molar-refractivity contribution in [3.05, 3.63) is 23.8 Å². The number of hydrogen-bond donors (Lipinski definition) is 2. The molecule has 0 saturated carbocycles. The van der Waals surface area contributed by atoms with Crippen LogP contribution in [0.2, 0.25) is 0 Å². The minimum Gasteiger partial charge on any atom is -0.350 e. The SMILES string of the molecule is O=C(C[C@@H]1Sc2ccc(C(F)(F)F)cc2NC1=O)NO[C@H]1CCCCO1. The molecule has 2 aliphatic heterocycles. The van der Waals surface area contributed by atoms with Crippen molar-refractivity contribution in [3.63, 3.8) is 0 Å². The normalized spacial score (nSPS) is 23.1. The molecule has 0 aliphatic carbocycles. The van der Waals surface area contributed by atoms with Crippen LogP contribution in [0.15, 0.2) is 23.1 Å². The Labute approximate surface area is 151 Å². The molecule has 1 fully saturated rings. The first-order valence-corrected chi connectivity index (χ1v) is 8.96. The third kappa shape index (κ3) is 4.68. The molecule has 2 atom stereocenters. The van der Waals surface area contributed by atoms with Crippen LogP contribution in [0.25, 0.3) is 0 Å². The summed E-state index contributed by atoms with van der Waals surface area (Å²) in [7, 11) is 0. The predicted molar refractivity (Wildman–Crippen MR) is 87.2 cm³/mol. The molecule has 142 valence electrons. The average Bonchev–Trinajstić information content (AvgIpc) is 2.60. The first kappa shape index (κ1) is 19.0. The number of hydroxylamine groups is 1. The molecule has 3 rings (SSSR count). The second-order valence-corrected chi connectivity index (χ2v) is 7.19. The van der Waals surface area contributed by atoms with Crippen LogP contribution in [0, 0.1) is 0 Å². The number of halogens is 3. The highest BCUT2D eigenvalue weighted by Crippen LogP contribution is 2.40. The average molecular weight is 390 g/mol. The molecule has 0 radical (unpaired) electrons. The van der Waals surface area contributed by atoms with Crippen LogP contribution in [0.4, 0.5) is 18.9 Å². The zero-order chi connectivity index (χ0) is 18.7. The molecule has 1 aromatic carbocycles. The van der Waals surface area contributed by atoms with Crippen LogP contribution in [0.3, 0.4) is 0 Å². The molecule has 2 aliphatic rings. The van der Waals surface area contributed by atoms with E-state index in [1.54, 1.807) is 0 Å². The molecule has 2 heterocycles. The molecule has 10 heteroatoms. The third-order valence-electron chi connectivity index (χ3n) is 3.94. The third-order valence-corrected chi connectivity index (χ3v) is 5.21. The van der Waals surface area contributed by atoms with Crippen LogP contribution in [-0.2, 0) is 25.3 Å². The summed E-state index contributed by atoms with van der Waals surface area (Å²) < 4.78 is 43.5. The number of carbonyl (C=O) groups excluding carboxylic acids is 2. The number of hydrogen-bond acceptors (Lipinski definition) is 5. The summed E-state index contributed by atoms with van der Waals surface area (Å²) in [5.41, 5.74) is 1.52. The van der Waals surface area contributed by atoms with Crippen molar-refractivity contribution in [2.45, 2.75) is 48.3 Å². The van der Waals surface area contributed by atoms with Crippen molar-refractivity contribution in [1.29, 1.82) is 0 Å². The molecule has 1 saturated heterocycles. The lowest BCUT2D eigenvalue weighted by molar-refractivity contribution is -0.200. The van der Waals surface area contributed by atoms with Gasteiger partial charge < -0.3 is 10.1 Å². The van der Waals surface area contributed by atoms with Crippen molar-refractivity contribution < 1.29 is 32.3 Å². The van der Waals surface area contributed by atoms with Gasteiger partial charge in [0.1, 0.15) is 0 Å². The van der Waals surface area contributed by atoms with Crippen molar-refractivity contribution in [3.8, 4) is 0 Å². The van der Waals surface area contributed by atoms with E-state index < -0.39 is 35.1 Å². The van der Waals surface area contributed by atoms with Crippen molar-refractivity contribution in [2.75, 3.05) is 11.9 Å². The molecule has 2 N–H and O–H groups in total. The molecule has 26 heavy (non-hydrogen) atoms. The lowest BCUT2D eigenvalue weighted by Gasteiger charge is -2.25. The largest absolute Gasteiger partial charge is 0.416 e. The van der Waals surface area contributed by atoms with Crippen LogP contribution in [-0.4, -0.2) is 30.0 Å². The standard InChI is InChI=1S/C16H17F3N2O4S/c17-16(18,19)9-4-5-11-10(7-9)20-15(23)12(26-11)8-13(22)21-25-14-3-1-2-6-24-14/h4-5,7,12,14H,1-3,6,8H2,(H,20,23)(H,21,22)/t12-,14-/m0/s1. The maximum Gasteiger partial charge on any atom is 0.416 e. The second kappa shape index (κ2) is 7.85. The molecule has 0 bridgehead atoms. The van der Waals surface area contributed by atoms with Gasteiger partial charge >= 0.3 is 6.18 Å². The summed E-state index contributed by atoms with van der Waals surface area (Å²) in [4.78, 5) is 29.7. The summed E-state index contributed by atoms with van der Waals surface area (Å²) >= 11 is 1.05. The minimum absolute atomic E-state index is 0.0957. The minimum atomic E-state index is -4.49. The Morgan fingerprint density at radius 3 is 2.88 bits per heavy atom. The van der Waals surface area contributed by atoms with E-state index in [2.05, 4.69) is 10.8 Å². The molecule has 0 unspecified atom stereocenters. The fraction of sp³-hybridized carbons (Fsp3) is 0.500. The van der Waals surface area contributed by atoms with Gasteiger partial charge in [0, 0.05) is 24.3 Å². The van der Waals surface area contributed by atoms with Crippen LogP contribution in [0.1, 0.15) is 31.2 Å². The summed E-state index contributed by atoms with van der Waals surface area (Å²) in [6, 6.07) is 3.13. The summed E-state index contributed by atoms with van der Waals surface area (Å²) in [5, 5.41) is 1.67. The predicted octanol–water partition coefficient (Wildman–Crippen LogP) is 3.08. The van der Waals surface area contributed by atoms with E-state index in [9.17, 15) is 22.8 Å². The summed E-state index contributed by atoms with van der Waals surface area (Å²) in [6.07, 6.45) is -2.58. The second-order valence-electron chi connectivity index (χ2n) is 5.95. The number of anilines is 1. The van der Waals surface area contributed by atoms with E-state index in [1.165, 1.54) is 6.07 Å². The number of carbonyl (C=O) groups is 2. The topological polar surface area (TPSA) is 76.7 Å². The Morgan fingerprint density at radius 2 is 2.19 bits per heavy atom. The zero-order valence-corrected chi connectivity index (χ0v) is 14.4. The Bertz CT molecular complexity index is 693. The van der Waals surface area contributed by atoms with Gasteiger partial charge in [-0.25, -0.2) is 10.3 Å². The number of benzene rings is 1. The number of ether oxygens (including phenoxy) is 1. The molecular weight excluding hydrogens is 373 g/mol. The Morgan fingerprint density at radius 1 is 1.38 bits per heavy atom. The number of rotatable bonds is 4. The number of alkyl halides is 3. The van der Waals surface area contributed by atoms with Crippen LogP contribution in [0.5, 0.6) is 0 Å². The highest BCUT2D eigenvalue weighted by molar-refractivity contribution is 8.01. The maximum absolute atomic E-state index is 12.7. The number of thioether (sulfide) groups is 1. The number of amides is 2. The number of nitrogens with one attached hydrogen (secondary N) is 2. The van der Waals surface area contributed by atoms with Gasteiger partial charge in [-0.15, -0.1) is 11.8 Å².